The zero-order valence-corrected chi connectivity index (χ0v) is 15.1. The zero-order chi connectivity index (χ0) is 20.6. The Balaban J connectivity index is 1.71. The minimum Gasteiger partial charge on any atom is -0.494 e. The molecule has 1 aromatic heterocycles. The SMILES string of the molecule is Oc1[nH]c2ccc(F)cc2c1C=Nc1ccc(N2CCOCC2)c(C(F)(F)F)c1. The lowest BCUT2D eigenvalue weighted by atomic mass is 10.1. The second-order valence-electron chi connectivity index (χ2n) is 6.63. The average Bonchev–Trinajstić information content (AvgIpc) is 3.00. The number of hydrogen-bond acceptors (Lipinski definition) is 4. The van der Waals surface area contributed by atoms with E-state index in [-0.39, 0.29) is 22.8 Å². The van der Waals surface area contributed by atoms with Gasteiger partial charge in [-0.3, -0.25) is 4.99 Å². The van der Waals surface area contributed by atoms with Crippen molar-refractivity contribution in [3.8, 4) is 5.88 Å². The highest BCUT2D eigenvalue weighted by Gasteiger charge is 2.35. The van der Waals surface area contributed by atoms with Crippen molar-refractivity contribution in [3.63, 3.8) is 0 Å². The molecule has 1 aliphatic rings. The molecular weight excluding hydrogens is 390 g/mol. The lowest BCUT2D eigenvalue weighted by Gasteiger charge is -2.31. The molecule has 2 aromatic carbocycles. The number of H-pyrrole nitrogens is 1. The summed E-state index contributed by atoms with van der Waals surface area (Å²) in [4.78, 5) is 8.39. The number of fused-ring (bicyclic) bond motifs is 1. The fourth-order valence-corrected chi connectivity index (χ4v) is 3.35. The number of aromatic hydroxyl groups is 1. The summed E-state index contributed by atoms with van der Waals surface area (Å²) in [7, 11) is 0. The van der Waals surface area contributed by atoms with Gasteiger partial charge in [0.05, 0.1) is 30.0 Å². The number of aromatic amines is 1. The third-order valence-corrected chi connectivity index (χ3v) is 4.76. The third kappa shape index (κ3) is 3.91. The number of alkyl halides is 3. The molecule has 0 amide bonds. The first-order valence-corrected chi connectivity index (χ1v) is 8.91. The molecule has 0 saturated carbocycles. The highest BCUT2D eigenvalue weighted by Crippen LogP contribution is 2.39. The Labute approximate surface area is 163 Å². The van der Waals surface area contributed by atoms with Crippen LogP contribution < -0.4 is 4.90 Å². The summed E-state index contributed by atoms with van der Waals surface area (Å²) in [6.07, 6.45) is -3.33. The molecule has 1 fully saturated rings. The van der Waals surface area contributed by atoms with Crippen molar-refractivity contribution in [2.75, 3.05) is 31.2 Å². The van der Waals surface area contributed by atoms with E-state index in [1.807, 2.05) is 0 Å². The number of anilines is 1. The number of rotatable bonds is 3. The Hall–Kier alpha value is -3.07. The van der Waals surface area contributed by atoms with Crippen molar-refractivity contribution in [1.82, 2.24) is 4.98 Å². The number of morpholine rings is 1. The minimum atomic E-state index is -4.55. The van der Waals surface area contributed by atoms with Gasteiger partial charge in [-0.25, -0.2) is 4.39 Å². The van der Waals surface area contributed by atoms with Crippen LogP contribution in [-0.4, -0.2) is 42.6 Å². The molecule has 0 spiro atoms. The Morgan fingerprint density at radius 3 is 2.59 bits per heavy atom. The molecule has 0 atom stereocenters. The molecule has 0 unspecified atom stereocenters. The van der Waals surface area contributed by atoms with E-state index < -0.39 is 17.6 Å². The van der Waals surface area contributed by atoms with Gasteiger partial charge in [0.15, 0.2) is 5.88 Å². The lowest BCUT2D eigenvalue weighted by molar-refractivity contribution is -0.137. The molecule has 2 N–H and O–H groups in total. The van der Waals surface area contributed by atoms with Crippen LogP contribution >= 0.6 is 0 Å². The van der Waals surface area contributed by atoms with Crippen LogP contribution in [0.5, 0.6) is 5.88 Å². The van der Waals surface area contributed by atoms with E-state index in [4.69, 9.17) is 4.74 Å². The summed E-state index contributed by atoms with van der Waals surface area (Å²) in [6.45, 7) is 1.49. The summed E-state index contributed by atoms with van der Waals surface area (Å²) < 4.78 is 59.6. The summed E-state index contributed by atoms with van der Waals surface area (Å²) in [5.41, 5.74) is 0.0498. The maximum Gasteiger partial charge on any atom is 0.418 e. The fourth-order valence-electron chi connectivity index (χ4n) is 3.35. The van der Waals surface area contributed by atoms with Crippen LogP contribution in [0.3, 0.4) is 0 Å². The quantitative estimate of drug-likeness (QED) is 0.492. The van der Waals surface area contributed by atoms with Gasteiger partial charge >= 0.3 is 6.18 Å². The lowest BCUT2D eigenvalue weighted by Crippen LogP contribution is -2.37. The van der Waals surface area contributed by atoms with Crippen LogP contribution in [0.4, 0.5) is 28.9 Å². The predicted molar refractivity (Wildman–Crippen MR) is 102 cm³/mol. The second kappa shape index (κ2) is 7.40. The normalized spacial score (nSPS) is 15.5. The maximum absolute atomic E-state index is 13.6. The van der Waals surface area contributed by atoms with Crippen LogP contribution in [0, 0.1) is 5.82 Å². The third-order valence-electron chi connectivity index (χ3n) is 4.76. The van der Waals surface area contributed by atoms with Crippen LogP contribution in [0.2, 0.25) is 0 Å². The number of nitrogens with zero attached hydrogens (tertiary/aromatic N) is 2. The van der Waals surface area contributed by atoms with E-state index in [1.165, 1.54) is 36.5 Å². The monoisotopic (exact) mass is 407 g/mol. The number of halogens is 4. The Morgan fingerprint density at radius 2 is 1.86 bits per heavy atom. The van der Waals surface area contributed by atoms with Crippen molar-refractivity contribution in [2.24, 2.45) is 4.99 Å². The largest absolute Gasteiger partial charge is 0.494 e. The molecule has 29 heavy (non-hydrogen) atoms. The second-order valence-corrected chi connectivity index (χ2v) is 6.63. The van der Waals surface area contributed by atoms with Crippen molar-refractivity contribution in [2.45, 2.75) is 6.18 Å². The first kappa shape index (κ1) is 19.3. The van der Waals surface area contributed by atoms with E-state index in [1.54, 1.807) is 4.90 Å². The molecule has 5 nitrogen and oxygen atoms in total. The molecule has 4 rings (SSSR count). The molecule has 2 heterocycles. The smallest absolute Gasteiger partial charge is 0.418 e. The molecular formula is C20H17F4N3O2. The average molecular weight is 407 g/mol. The van der Waals surface area contributed by atoms with Crippen LogP contribution in [0.15, 0.2) is 41.4 Å². The van der Waals surface area contributed by atoms with Gasteiger partial charge < -0.3 is 19.7 Å². The van der Waals surface area contributed by atoms with E-state index >= 15 is 0 Å². The fraction of sp³-hybridized carbons (Fsp3) is 0.250. The molecule has 1 saturated heterocycles. The van der Waals surface area contributed by atoms with E-state index in [0.29, 0.717) is 37.2 Å². The highest BCUT2D eigenvalue weighted by molar-refractivity contribution is 6.02. The topological polar surface area (TPSA) is 60.8 Å². The number of nitrogens with one attached hydrogen (secondary N) is 1. The van der Waals surface area contributed by atoms with E-state index in [9.17, 15) is 22.7 Å². The highest BCUT2D eigenvalue weighted by atomic mass is 19.4. The van der Waals surface area contributed by atoms with Gasteiger partial charge in [0.1, 0.15) is 5.82 Å². The Kier molecular flexibility index (Phi) is 4.91. The van der Waals surface area contributed by atoms with Gasteiger partial charge in [-0.2, -0.15) is 13.2 Å². The van der Waals surface area contributed by atoms with Crippen molar-refractivity contribution >= 4 is 28.5 Å². The van der Waals surface area contributed by atoms with Crippen LogP contribution in [0.1, 0.15) is 11.1 Å². The van der Waals surface area contributed by atoms with Crippen molar-refractivity contribution in [1.29, 1.82) is 0 Å². The van der Waals surface area contributed by atoms with Gasteiger partial charge in [-0.15, -0.1) is 0 Å². The predicted octanol–water partition coefficient (Wildman–Crippen LogP) is 4.62. The molecule has 0 aliphatic carbocycles. The molecule has 152 valence electrons. The molecule has 0 bridgehead atoms. The van der Waals surface area contributed by atoms with Crippen molar-refractivity contribution < 1.29 is 27.4 Å². The number of hydrogen-bond donors (Lipinski definition) is 2. The molecule has 3 aromatic rings. The van der Waals surface area contributed by atoms with Gasteiger partial charge in [0.2, 0.25) is 0 Å². The number of aromatic nitrogens is 1. The first-order chi connectivity index (χ1) is 13.8. The van der Waals surface area contributed by atoms with Crippen LogP contribution in [0.25, 0.3) is 10.9 Å². The van der Waals surface area contributed by atoms with E-state index in [2.05, 4.69) is 9.98 Å². The van der Waals surface area contributed by atoms with Gasteiger partial charge in [-0.1, -0.05) is 0 Å². The van der Waals surface area contributed by atoms with Gasteiger partial charge in [-0.05, 0) is 36.4 Å². The summed E-state index contributed by atoms with van der Waals surface area (Å²) in [6, 6.07) is 7.74. The summed E-state index contributed by atoms with van der Waals surface area (Å²) >= 11 is 0. The van der Waals surface area contributed by atoms with Gasteiger partial charge in [0.25, 0.3) is 0 Å². The summed E-state index contributed by atoms with van der Waals surface area (Å²) in [5.74, 6) is -0.740. The number of benzene rings is 2. The Bertz CT molecular complexity index is 1070. The molecule has 0 radical (unpaired) electrons. The number of aliphatic imine (C=N–C) groups is 1. The van der Waals surface area contributed by atoms with Gasteiger partial charge in [0, 0.05) is 35.9 Å². The van der Waals surface area contributed by atoms with Crippen molar-refractivity contribution in [3.05, 3.63) is 53.3 Å². The standard InChI is InChI=1S/C20H17F4N3O2/c21-12-1-3-17-14(9-12)15(19(28)26-17)11-25-13-2-4-18(16(10-13)20(22,23)24)27-5-7-29-8-6-27/h1-4,9-11,26,28H,5-8H2. The Morgan fingerprint density at radius 1 is 1.10 bits per heavy atom. The zero-order valence-electron chi connectivity index (χ0n) is 15.1. The minimum absolute atomic E-state index is 0.0690. The maximum atomic E-state index is 13.6. The summed E-state index contributed by atoms with van der Waals surface area (Å²) in [5, 5.41) is 10.4. The number of ether oxygens (including phenoxy) is 1. The molecule has 9 heteroatoms. The molecule has 1 aliphatic heterocycles. The first-order valence-electron chi connectivity index (χ1n) is 8.91. The van der Waals surface area contributed by atoms with Crippen LogP contribution in [-0.2, 0) is 10.9 Å². The van der Waals surface area contributed by atoms with E-state index in [0.717, 1.165) is 6.07 Å².